The summed E-state index contributed by atoms with van der Waals surface area (Å²) in [7, 11) is 0. The van der Waals surface area contributed by atoms with Gasteiger partial charge in [0.2, 0.25) is 5.91 Å². The molecule has 0 bridgehead atoms. The minimum atomic E-state index is -0.865. The molecule has 0 aromatic heterocycles. The summed E-state index contributed by atoms with van der Waals surface area (Å²) >= 11 is 9.32. The van der Waals surface area contributed by atoms with Gasteiger partial charge >= 0.3 is 0 Å². The average molecular weight is 360 g/mol. The van der Waals surface area contributed by atoms with Crippen molar-refractivity contribution in [1.29, 1.82) is 0 Å². The summed E-state index contributed by atoms with van der Waals surface area (Å²) in [5, 5.41) is 3.36. The fourth-order valence-electron chi connectivity index (χ4n) is 2.20. The van der Waals surface area contributed by atoms with Crippen LogP contribution < -0.4 is 10.2 Å². The number of rotatable bonds is 2. The van der Waals surface area contributed by atoms with Crippen molar-refractivity contribution < 1.29 is 9.59 Å². The maximum Gasteiger partial charge on any atom is 0.253 e. The van der Waals surface area contributed by atoms with Crippen LogP contribution >= 0.6 is 27.5 Å². The zero-order valence-electron chi connectivity index (χ0n) is 11.5. The minimum absolute atomic E-state index is 0.110. The topological polar surface area (TPSA) is 49.4 Å². The molecule has 1 aliphatic heterocycles. The summed E-state index contributed by atoms with van der Waals surface area (Å²) in [6, 6.07) is 4.66. The molecule has 1 aromatic rings. The Morgan fingerprint density at radius 1 is 1.45 bits per heavy atom. The number of nitrogens with zero attached hydrogens (tertiary/aromatic N) is 1. The SMILES string of the molecule is CCC1(C)NC(=O)C(C)N(c2ccc(Cl)c(Br)c2)C1=O. The number of hydrogen-bond donors (Lipinski definition) is 1. The van der Waals surface area contributed by atoms with Crippen molar-refractivity contribution in [2.45, 2.75) is 38.8 Å². The molecule has 108 valence electrons. The van der Waals surface area contributed by atoms with E-state index >= 15 is 0 Å². The van der Waals surface area contributed by atoms with E-state index in [-0.39, 0.29) is 11.8 Å². The minimum Gasteiger partial charge on any atom is -0.340 e. The Morgan fingerprint density at radius 2 is 2.10 bits per heavy atom. The van der Waals surface area contributed by atoms with Crippen LogP contribution in [0.25, 0.3) is 0 Å². The van der Waals surface area contributed by atoms with E-state index in [4.69, 9.17) is 11.6 Å². The first-order chi connectivity index (χ1) is 9.30. The first-order valence-corrected chi connectivity index (χ1v) is 7.58. The Kier molecular flexibility index (Phi) is 4.12. The third-order valence-electron chi connectivity index (χ3n) is 3.75. The van der Waals surface area contributed by atoms with Gasteiger partial charge < -0.3 is 5.32 Å². The number of halogens is 2. The molecule has 6 heteroatoms. The molecule has 0 saturated carbocycles. The van der Waals surface area contributed by atoms with Gasteiger partial charge in [-0.3, -0.25) is 14.5 Å². The molecule has 20 heavy (non-hydrogen) atoms. The molecular formula is C14H16BrClN2O2. The lowest BCUT2D eigenvalue weighted by molar-refractivity contribution is -0.137. The van der Waals surface area contributed by atoms with E-state index in [0.29, 0.717) is 21.6 Å². The van der Waals surface area contributed by atoms with Gasteiger partial charge in [-0.15, -0.1) is 0 Å². The van der Waals surface area contributed by atoms with Gasteiger partial charge in [0.15, 0.2) is 0 Å². The van der Waals surface area contributed by atoms with Crippen LogP contribution in [-0.2, 0) is 9.59 Å². The number of carbonyl (C=O) groups excluding carboxylic acids is 2. The van der Waals surface area contributed by atoms with Gasteiger partial charge in [-0.1, -0.05) is 18.5 Å². The van der Waals surface area contributed by atoms with E-state index in [1.165, 1.54) is 4.90 Å². The lowest BCUT2D eigenvalue weighted by Crippen LogP contribution is -2.68. The molecule has 2 rings (SSSR count). The van der Waals surface area contributed by atoms with Crippen molar-refractivity contribution in [1.82, 2.24) is 5.32 Å². The van der Waals surface area contributed by atoms with Gasteiger partial charge in [0.05, 0.1) is 5.02 Å². The van der Waals surface area contributed by atoms with Crippen LogP contribution in [0.5, 0.6) is 0 Å². The van der Waals surface area contributed by atoms with E-state index in [9.17, 15) is 9.59 Å². The van der Waals surface area contributed by atoms with E-state index in [1.54, 1.807) is 32.0 Å². The van der Waals surface area contributed by atoms with Crippen molar-refractivity contribution in [2.24, 2.45) is 0 Å². The van der Waals surface area contributed by atoms with E-state index in [0.717, 1.165) is 0 Å². The Hall–Kier alpha value is -1.07. The number of carbonyl (C=O) groups is 2. The molecule has 1 N–H and O–H groups in total. The highest BCUT2D eigenvalue weighted by molar-refractivity contribution is 9.10. The van der Waals surface area contributed by atoms with Crippen LogP contribution in [0.4, 0.5) is 5.69 Å². The van der Waals surface area contributed by atoms with Crippen molar-refractivity contribution >= 4 is 45.0 Å². The van der Waals surface area contributed by atoms with E-state index < -0.39 is 11.6 Å². The molecule has 1 aromatic carbocycles. The largest absolute Gasteiger partial charge is 0.340 e. The Morgan fingerprint density at radius 3 is 2.65 bits per heavy atom. The van der Waals surface area contributed by atoms with Gasteiger partial charge in [0.1, 0.15) is 11.6 Å². The molecule has 0 radical (unpaired) electrons. The van der Waals surface area contributed by atoms with Gasteiger partial charge in [-0.05, 0) is 54.4 Å². The monoisotopic (exact) mass is 358 g/mol. The van der Waals surface area contributed by atoms with Gasteiger partial charge in [0.25, 0.3) is 5.91 Å². The summed E-state index contributed by atoms with van der Waals surface area (Å²) in [4.78, 5) is 26.3. The highest BCUT2D eigenvalue weighted by Crippen LogP contribution is 2.32. The highest BCUT2D eigenvalue weighted by atomic mass is 79.9. The van der Waals surface area contributed by atoms with Gasteiger partial charge in [-0.2, -0.15) is 0 Å². The predicted molar refractivity (Wildman–Crippen MR) is 82.9 cm³/mol. The standard InChI is InChI=1S/C14H16BrClN2O2/c1-4-14(3)13(20)18(8(2)12(19)17-14)9-5-6-11(16)10(15)7-9/h5-8H,4H2,1-3H3,(H,17,19). The van der Waals surface area contributed by atoms with Crippen LogP contribution in [0.15, 0.2) is 22.7 Å². The maximum atomic E-state index is 12.7. The molecule has 2 atom stereocenters. The summed E-state index contributed by atoms with van der Waals surface area (Å²) in [5.41, 5.74) is -0.205. The predicted octanol–water partition coefficient (Wildman–Crippen LogP) is 3.12. The number of amides is 2. The average Bonchev–Trinajstić information content (AvgIpc) is 2.41. The number of nitrogens with one attached hydrogen (secondary N) is 1. The fourth-order valence-corrected chi connectivity index (χ4v) is 2.69. The molecular weight excluding hydrogens is 344 g/mol. The van der Waals surface area contributed by atoms with Crippen LogP contribution in [0.1, 0.15) is 27.2 Å². The molecule has 2 unspecified atom stereocenters. The number of hydrogen-bond acceptors (Lipinski definition) is 2. The fraction of sp³-hybridized carbons (Fsp3) is 0.429. The Bertz CT molecular complexity index is 578. The lowest BCUT2D eigenvalue weighted by Gasteiger charge is -2.43. The van der Waals surface area contributed by atoms with Crippen LogP contribution in [0.3, 0.4) is 0 Å². The van der Waals surface area contributed by atoms with Crippen molar-refractivity contribution in [3.05, 3.63) is 27.7 Å². The number of anilines is 1. The zero-order chi connectivity index (χ0) is 15.1. The summed E-state index contributed by atoms with van der Waals surface area (Å²) in [6.45, 7) is 5.34. The molecule has 0 aliphatic carbocycles. The van der Waals surface area contributed by atoms with Crippen LogP contribution in [0, 0.1) is 0 Å². The third kappa shape index (κ3) is 2.44. The number of piperazine rings is 1. The second kappa shape index (κ2) is 5.37. The quantitative estimate of drug-likeness (QED) is 0.882. The molecule has 1 saturated heterocycles. The second-order valence-electron chi connectivity index (χ2n) is 5.12. The van der Waals surface area contributed by atoms with E-state index in [2.05, 4.69) is 21.2 Å². The smallest absolute Gasteiger partial charge is 0.253 e. The van der Waals surface area contributed by atoms with Crippen molar-refractivity contribution in [2.75, 3.05) is 4.90 Å². The van der Waals surface area contributed by atoms with Gasteiger partial charge in [0, 0.05) is 10.2 Å². The summed E-state index contributed by atoms with van der Waals surface area (Å²) in [6.07, 6.45) is 0.537. The molecule has 4 nitrogen and oxygen atoms in total. The maximum absolute atomic E-state index is 12.7. The number of benzene rings is 1. The molecule has 1 aliphatic rings. The molecule has 1 fully saturated rings. The zero-order valence-corrected chi connectivity index (χ0v) is 13.9. The molecule has 1 heterocycles. The summed E-state index contributed by atoms with van der Waals surface area (Å²) in [5.74, 6) is -0.263. The van der Waals surface area contributed by atoms with E-state index in [1.807, 2.05) is 6.92 Å². The van der Waals surface area contributed by atoms with Crippen LogP contribution in [0.2, 0.25) is 5.02 Å². The van der Waals surface area contributed by atoms with Crippen LogP contribution in [-0.4, -0.2) is 23.4 Å². The Labute approximate surface area is 131 Å². The molecule has 2 amide bonds. The lowest BCUT2D eigenvalue weighted by atomic mass is 9.92. The third-order valence-corrected chi connectivity index (χ3v) is 4.96. The normalized spacial score (nSPS) is 26.6. The van der Waals surface area contributed by atoms with Gasteiger partial charge in [-0.25, -0.2) is 0 Å². The first kappa shape index (κ1) is 15.3. The molecule has 0 spiro atoms. The first-order valence-electron chi connectivity index (χ1n) is 6.41. The Balaban J connectivity index is 2.48. The highest BCUT2D eigenvalue weighted by Gasteiger charge is 2.45. The van der Waals surface area contributed by atoms with Crippen molar-refractivity contribution in [3.8, 4) is 0 Å². The second-order valence-corrected chi connectivity index (χ2v) is 6.39. The van der Waals surface area contributed by atoms with Crippen molar-refractivity contribution in [3.63, 3.8) is 0 Å². The summed E-state index contributed by atoms with van der Waals surface area (Å²) < 4.78 is 0.695.